The lowest BCUT2D eigenvalue weighted by Crippen LogP contribution is -2.38. The number of hydrogen-bond acceptors (Lipinski definition) is 3. The fourth-order valence-corrected chi connectivity index (χ4v) is 3.87. The molecule has 2 amide bonds. The molecule has 5 nitrogen and oxygen atoms in total. The highest BCUT2D eigenvalue weighted by molar-refractivity contribution is 6.32. The average Bonchev–Trinajstić information content (AvgIpc) is 2.68. The normalized spacial score (nSPS) is 19.7. The standard InChI is InChI=1S/C21H30ClN3O2/c1-15-8-12-24(13-9-15)19-7-6-17(23-20(26)16(2)22)14-18(19)21(27)25-10-4-3-5-11-25/h6-7,14-16H,3-5,8-13H2,1-2H3,(H,23,26)/t16-/m1/s1. The van der Waals surface area contributed by atoms with Crippen LogP contribution in [0.15, 0.2) is 18.2 Å². The van der Waals surface area contributed by atoms with Gasteiger partial charge in [-0.15, -0.1) is 11.6 Å². The van der Waals surface area contributed by atoms with E-state index in [0.717, 1.165) is 63.5 Å². The van der Waals surface area contributed by atoms with E-state index in [4.69, 9.17) is 11.6 Å². The van der Waals surface area contributed by atoms with E-state index in [9.17, 15) is 9.59 Å². The van der Waals surface area contributed by atoms with Crippen LogP contribution in [0.3, 0.4) is 0 Å². The molecule has 148 valence electrons. The largest absolute Gasteiger partial charge is 0.371 e. The third kappa shape index (κ3) is 4.95. The number of alkyl halides is 1. The topological polar surface area (TPSA) is 52.7 Å². The Morgan fingerprint density at radius 2 is 1.78 bits per heavy atom. The molecule has 0 aliphatic carbocycles. The molecule has 1 N–H and O–H groups in total. The van der Waals surface area contributed by atoms with Crippen LogP contribution in [0.1, 0.15) is 56.3 Å². The molecule has 27 heavy (non-hydrogen) atoms. The van der Waals surface area contributed by atoms with Gasteiger partial charge in [0.05, 0.1) is 5.56 Å². The summed E-state index contributed by atoms with van der Waals surface area (Å²) in [5.41, 5.74) is 2.29. The van der Waals surface area contributed by atoms with Crippen LogP contribution in [0.25, 0.3) is 0 Å². The average molecular weight is 392 g/mol. The van der Waals surface area contributed by atoms with E-state index >= 15 is 0 Å². The number of benzene rings is 1. The molecule has 0 saturated carbocycles. The molecular formula is C21H30ClN3O2. The highest BCUT2D eigenvalue weighted by atomic mass is 35.5. The van der Waals surface area contributed by atoms with E-state index in [-0.39, 0.29) is 11.8 Å². The summed E-state index contributed by atoms with van der Waals surface area (Å²) in [4.78, 5) is 29.5. The Morgan fingerprint density at radius 3 is 2.41 bits per heavy atom. The SMILES string of the molecule is CC1CCN(c2ccc(NC(=O)[C@@H](C)Cl)cc2C(=O)N2CCCCC2)CC1. The number of carbonyl (C=O) groups excluding carboxylic acids is 2. The predicted octanol–water partition coefficient (Wildman–Crippen LogP) is 4.11. The molecule has 2 heterocycles. The number of hydrogen-bond donors (Lipinski definition) is 1. The number of amides is 2. The Hall–Kier alpha value is -1.75. The maximum absolute atomic E-state index is 13.3. The van der Waals surface area contributed by atoms with Crippen molar-refractivity contribution in [3.8, 4) is 0 Å². The van der Waals surface area contributed by atoms with Crippen LogP contribution >= 0.6 is 11.6 Å². The Kier molecular flexibility index (Phi) is 6.64. The number of likely N-dealkylation sites (tertiary alicyclic amines) is 1. The van der Waals surface area contributed by atoms with Crippen molar-refractivity contribution in [3.05, 3.63) is 23.8 Å². The molecule has 3 rings (SSSR count). The second kappa shape index (κ2) is 8.96. The second-order valence-electron chi connectivity index (χ2n) is 7.86. The molecule has 1 aromatic carbocycles. The molecule has 0 radical (unpaired) electrons. The van der Waals surface area contributed by atoms with E-state index in [1.807, 2.05) is 23.1 Å². The van der Waals surface area contributed by atoms with Gasteiger partial charge in [0.15, 0.2) is 0 Å². The summed E-state index contributed by atoms with van der Waals surface area (Å²) in [6.07, 6.45) is 5.58. The minimum Gasteiger partial charge on any atom is -0.371 e. The van der Waals surface area contributed by atoms with Gasteiger partial charge in [-0.3, -0.25) is 9.59 Å². The highest BCUT2D eigenvalue weighted by Gasteiger charge is 2.25. The molecule has 0 bridgehead atoms. The Morgan fingerprint density at radius 1 is 1.11 bits per heavy atom. The number of nitrogens with one attached hydrogen (secondary N) is 1. The van der Waals surface area contributed by atoms with Gasteiger partial charge in [0, 0.05) is 37.6 Å². The fourth-order valence-electron chi connectivity index (χ4n) is 3.82. The van der Waals surface area contributed by atoms with Crippen LogP contribution in [-0.2, 0) is 4.79 Å². The number of nitrogens with zero attached hydrogens (tertiary/aromatic N) is 2. The third-order valence-electron chi connectivity index (χ3n) is 5.62. The van der Waals surface area contributed by atoms with Gasteiger partial charge in [-0.05, 0) is 63.1 Å². The van der Waals surface area contributed by atoms with Gasteiger partial charge in [0.25, 0.3) is 5.91 Å². The summed E-state index contributed by atoms with van der Waals surface area (Å²) < 4.78 is 0. The van der Waals surface area contributed by atoms with E-state index < -0.39 is 5.38 Å². The fraction of sp³-hybridized carbons (Fsp3) is 0.619. The molecule has 2 aliphatic rings. The third-order valence-corrected chi connectivity index (χ3v) is 5.82. The number of anilines is 2. The zero-order chi connectivity index (χ0) is 19.4. The van der Waals surface area contributed by atoms with E-state index in [1.54, 1.807) is 6.92 Å². The van der Waals surface area contributed by atoms with Crippen molar-refractivity contribution in [3.63, 3.8) is 0 Å². The molecule has 2 aliphatic heterocycles. The molecule has 1 aromatic rings. The number of piperidine rings is 2. The molecule has 2 saturated heterocycles. The number of carbonyl (C=O) groups is 2. The smallest absolute Gasteiger partial charge is 0.256 e. The first-order valence-corrected chi connectivity index (χ1v) is 10.5. The summed E-state index contributed by atoms with van der Waals surface area (Å²) in [6.45, 7) is 7.47. The van der Waals surface area contributed by atoms with Crippen molar-refractivity contribution >= 4 is 34.8 Å². The first-order valence-electron chi connectivity index (χ1n) is 10.1. The van der Waals surface area contributed by atoms with Crippen LogP contribution in [0.5, 0.6) is 0 Å². The van der Waals surface area contributed by atoms with Gasteiger partial charge in [0.1, 0.15) is 5.38 Å². The lowest BCUT2D eigenvalue weighted by atomic mass is 9.97. The van der Waals surface area contributed by atoms with Crippen LogP contribution in [-0.4, -0.2) is 48.3 Å². The van der Waals surface area contributed by atoms with Crippen molar-refractivity contribution < 1.29 is 9.59 Å². The monoisotopic (exact) mass is 391 g/mol. The maximum Gasteiger partial charge on any atom is 0.256 e. The molecule has 0 spiro atoms. The lowest BCUT2D eigenvalue weighted by Gasteiger charge is -2.35. The Balaban J connectivity index is 1.89. The Bertz CT molecular complexity index is 678. The molecule has 1 atom stereocenters. The predicted molar refractivity (Wildman–Crippen MR) is 111 cm³/mol. The van der Waals surface area contributed by atoms with Gasteiger partial charge >= 0.3 is 0 Å². The molecule has 2 fully saturated rings. The van der Waals surface area contributed by atoms with Crippen molar-refractivity contribution in [1.29, 1.82) is 0 Å². The van der Waals surface area contributed by atoms with E-state index in [2.05, 4.69) is 17.1 Å². The van der Waals surface area contributed by atoms with E-state index in [1.165, 1.54) is 6.42 Å². The molecule has 6 heteroatoms. The van der Waals surface area contributed by atoms with Gasteiger partial charge < -0.3 is 15.1 Å². The zero-order valence-electron chi connectivity index (χ0n) is 16.3. The second-order valence-corrected chi connectivity index (χ2v) is 8.51. The Labute approximate surface area is 167 Å². The van der Waals surface area contributed by atoms with Crippen molar-refractivity contribution in [2.75, 3.05) is 36.4 Å². The summed E-state index contributed by atoms with van der Waals surface area (Å²) in [5.74, 6) is 0.539. The van der Waals surface area contributed by atoms with Gasteiger partial charge in [-0.1, -0.05) is 6.92 Å². The summed E-state index contributed by atoms with van der Waals surface area (Å²) >= 11 is 5.87. The summed E-state index contributed by atoms with van der Waals surface area (Å²) in [5, 5.41) is 2.20. The lowest BCUT2D eigenvalue weighted by molar-refractivity contribution is -0.115. The van der Waals surface area contributed by atoms with Crippen molar-refractivity contribution in [2.45, 2.75) is 51.3 Å². The van der Waals surface area contributed by atoms with E-state index in [0.29, 0.717) is 11.3 Å². The number of halogens is 1. The minimum atomic E-state index is -0.616. The maximum atomic E-state index is 13.3. The minimum absolute atomic E-state index is 0.0679. The van der Waals surface area contributed by atoms with Crippen LogP contribution in [0.4, 0.5) is 11.4 Å². The van der Waals surface area contributed by atoms with Crippen molar-refractivity contribution in [1.82, 2.24) is 4.90 Å². The molecular weight excluding hydrogens is 362 g/mol. The first-order chi connectivity index (χ1) is 13.0. The zero-order valence-corrected chi connectivity index (χ0v) is 17.1. The summed E-state index contributed by atoms with van der Waals surface area (Å²) in [6, 6.07) is 5.67. The van der Waals surface area contributed by atoms with Crippen molar-refractivity contribution in [2.24, 2.45) is 5.92 Å². The van der Waals surface area contributed by atoms with Gasteiger partial charge in [-0.25, -0.2) is 0 Å². The van der Waals surface area contributed by atoms with Crippen LogP contribution < -0.4 is 10.2 Å². The van der Waals surface area contributed by atoms with Gasteiger partial charge in [0.2, 0.25) is 5.91 Å². The van der Waals surface area contributed by atoms with Crippen LogP contribution in [0, 0.1) is 5.92 Å². The molecule has 0 unspecified atom stereocenters. The quantitative estimate of drug-likeness (QED) is 0.785. The van der Waals surface area contributed by atoms with Gasteiger partial charge in [-0.2, -0.15) is 0 Å². The highest BCUT2D eigenvalue weighted by Crippen LogP contribution is 2.30. The van der Waals surface area contributed by atoms with Crippen LogP contribution in [0.2, 0.25) is 0 Å². The molecule has 0 aromatic heterocycles. The number of rotatable bonds is 4. The first kappa shape index (κ1) is 20.0. The summed E-state index contributed by atoms with van der Waals surface area (Å²) in [7, 11) is 0.